The maximum Gasteiger partial charge on any atom is 0.350 e. The minimum atomic E-state index is -0.599. The van der Waals surface area contributed by atoms with Crippen molar-refractivity contribution >= 4 is 68.4 Å². The Morgan fingerprint density at radius 3 is 2.68 bits per heavy atom. The minimum Gasteiger partial charge on any atom is -0.462 e. The predicted molar refractivity (Wildman–Crippen MR) is 149 cm³/mol. The van der Waals surface area contributed by atoms with E-state index in [1.807, 2.05) is 11.8 Å². The number of H-pyrrole nitrogens is 1. The third kappa shape index (κ3) is 6.93. The molecule has 37 heavy (non-hydrogen) atoms. The fraction of sp³-hybridized carbons (Fsp3) is 0.565. The molecule has 1 fully saturated rings. The number of hydrogen-bond acceptors (Lipinski definition) is 9. The number of aromatic amines is 1. The molecule has 204 valence electrons. The van der Waals surface area contributed by atoms with Crippen molar-refractivity contribution in [2.45, 2.75) is 36.8 Å². The number of amides is 2. The Kier molecular flexibility index (Phi) is 11.0. The van der Waals surface area contributed by atoms with E-state index >= 15 is 0 Å². The summed E-state index contributed by atoms with van der Waals surface area (Å²) in [4.78, 5) is 47.9. The smallest absolute Gasteiger partial charge is 0.350 e. The van der Waals surface area contributed by atoms with E-state index in [0.29, 0.717) is 46.4 Å². The number of alkyl halides is 1. The molecule has 0 aliphatic carbocycles. The molecular formula is C23H31ClIN5O6S. The van der Waals surface area contributed by atoms with Crippen LogP contribution in [0.1, 0.15) is 55.3 Å². The number of halogens is 2. The van der Waals surface area contributed by atoms with Gasteiger partial charge in [-0.2, -0.15) is 0 Å². The molecule has 0 aromatic carbocycles. The average Bonchev–Trinajstić information content (AvgIpc) is 3.45. The highest BCUT2D eigenvalue weighted by atomic mass is 127. The number of rotatable bonds is 11. The van der Waals surface area contributed by atoms with Crippen LogP contribution in [-0.2, 0) is 18.6 Å². The van der Waals surface area contributed by atoms with Crippen LogP contribution in [0.3, 0.4) is 0 Å². The van der Waals surface area contributed by atoms with Gasteiger partial charge in [0.1, 0.15) is 10.6 Å². The number of carbonyl (C=O) groups excluding carboxylic acids is 3. The molecule has 11 nitrogen and oxygen atoms in total. The van der Waals surface area contributed by atoms with Gasteiger partial charge in [0.2, 0.25) is 0 Å². The molecule has 0 bridgehead atoms. The van der Waals surface area contributed by atoms with Crippen LogP contribution in [0.5, 0.6) is 0 Å². The van der Waals surface area contributed by atoms with Crippen molar-refractivity contribution in [2.24, 2.45) is 0 Å². The third-order valence-corrected chi connectivity index (χ3v) is 8.22. The summed E-state index contributed by atoms with van der Waals surface area (Å²) in [5.41, 5.74) is 2.13. The van der Waals surface area contributed by atoms with Crippen molar-refractivity contribution in [2.75, 3.05) is 52.0 Å². The van der Waals surface area contributed by atoms with Crippen molar-refractivity contribution in [1.82, 2.24) is 20.6 Å². The number of thiazole rings is 1. The fourth-order valence-electron chi connectivity index (χ4n) is 3.97. The Labute approximate surface area is 238 Å². The fourth-order valence-corrected chi connectivity index (χ4v) is 6.48. The molecule has 14 heteroatoms. The first-order valence-corrected chi connectivity index (χ1v) is 14.4. The molecule has 1 saturated heterocycles. The SMILES string of the molecule is CCOC(=O)c1sc(N2CCC(NC(=O)c3[nH]c(C)c(CI)c3Cl)C(OC)C2)nc1C(=O)NCCOC. The van der Waals surface area contributed by atoms with Crippen LogP contribution >= 0.6 is 45.5 Å². The van der Waals surface area contributed by atoms with Crippen LogP contribution in [0.25, 0.3) is 0 Å². The number of aromatic nitrogens is 2. The van der Waals surface area contributed by atoms with Crippen molar-refractivity contribution in [3.05, 3.63) is 32.5 Å². The molecule has 2 unspecified atom stereocenters. The van der Waals surface area contributed by atoms with E-state index in [-0.39, 0.29) is 41.8 Å². The molecule has 2 atom stereocenters. The molecule has 3 N–H and O–H groups in total. The molecule has 0 spiro atoms. The molecule has 2 aromatic rings. The lowest BCUT2D eigenvalue weighted by Crippen LogP contribution is -2.55. The van der Waals surface area contributed by atoms with Gasteiger partial charge in [0.25, 0.3) is 11.8 Å². The summed E-state index contributed by atoms with van der Waals surface area (Å²) >= 11 is 9.73. The van der Waals surface area contributed by atoms with E-state index in [1.165, 1.54) is 7.11 Å². The summed E-state index contributed by atoms with van der Waals surface area (Å²) < 4.78 is 16.5. The van der Waals surface area contributed by atoms with Crippen LogP contribution in [0.2, 0.25) is 5.02 Å². The van der Waals surface area contributed by atoms with Gasteiger partial charge in [0.05, 0.1) is 30.4 Å². The van der Waals surface area contributed by atoms with Gasteiger partial charge in [-0.05, 0) is 20.3 Å². The highest BCUT2D eigenvalue weighted by Gasteiger charge is 2.34. The Balaban J connectivity index is 1.75. The zero-order valence-corrected chi connectivity index (χ0v) is 24.8. The van der Waals surface area contributed by atoms with Crippen LogP contribution in [-0.4, -0.2) is 87.0 Å². The van der Waals surface area contributed by atoms with E-state index in [2.05, 4.69) is 43.2 Å². The highest BCUT2D eigenvalue weighted by molar-refractivity contribution is 14.1. The third-order valence-electron chi connectivity index (χ3n) is 5.94. The normalized spacial score (nSPS) is 17.5. The molecule has 2 amide bonds. The van der Waals surface area contributed by atoms with Crippen molar-refractivity contribution in [3.8, 4) is 0 Å². The Morgan fingerprint density at radius 2 is 2.05 bits per heavy atom. The van der Waals surface area contributed by atoms with Crippen molar-refractivity contribution in [1.29, 1.82) is 0 Å². The monoisotopic (exact) mass is 667 g/mol. The molecule has 3 heterocycles. The topological polar surface area (TPSA) is 135 Å². The summed E-state index contributed by atoms with van der Waals surface area (Å²) in [6.07, 6.45) is 0.204. The Hall–Kier alpha value is -1.94. The van der Waals surface area contributed by atoms with Crippen LogP contribution < -0.4 is 15.5 Å². The van der Waals surface area contributed by atoms with Crippen molar-refractivity contribution in [3.63, 3.8) is 0 Å². The number of nitrogens with zero attached hydrogens (tertiary/aromatic N) is 2. The molecule has 2 aromatic heterocycles. The van der Waals surface area contributed by atoms with Gasteiger partial charge < -0.3 is 34.7 Å². The number of anilines is 1. The van der Waals surface area contributed by atoms with Crippen LogP contribution in [0.4, 0.5) is 5.13 Å². The van der Waals surface area contributed by atoms with E-state index in [0.717, 1.165) is 22.6 Å². The summed E-state index contributed by atoms with van der Waals surface area (Å²) in [6.45, 7) is 5.31. The zero-order chi connectivity index (χ0) is 27.1. The summed E-state index contributed by atoms with van der Waals surface area (Å²) in [5.74, 6) is -1.37. The van der Waals surface area contributed by atoms with E-state index in [1.54, 1.807) is 14.0 Å². The van der Waals surface area contributed by atoms with E-state index in [4.69, 9.17) is 25.8 Å². The van der Waals surface area contributed by atoms with Gasteiger partial charge >= 0.3 is 5.97 Å². The lowest BCUT2D eigenvalue weighted by Gasteiger charge is -2.37. The van der Waals surface area contributed by atoms with Gasteiger partial charge in [0.15, 0.2) is 10.8 Å². The van der Waals surface area contributed by atoms with Gasteiger partial charge in [-0.25, -0.2) is 9.78 Å². The number of aryl methyl sites for hydroxylation is 1. The molecule has 3 rings (SSSR count). The first kappa shape index (κ1) is 29.6. The molecule has 1 aliphatic rings. The number of carbonyl (C=O) groups is 3. The maximum atomic E-state index is 13.0. The molecular weight excluding hydrogens is 637 g/mol. The number of nitrogens with one attached hydrogen (secondary N) is 3. The number of esters is 1. The number of ether oxygens (including phenoxy) is 3. The van der Waals surface area contributed by atoms with Crippen molar-refractivity contribution < 1.29 is 28.6 Å². The maximum absolute atomic E-state index is 13.0. The standard InChI is InChI=1S/C23H31ClIN5O6S/c1-5-36-22(33)19-18(20(31)26-7-9-34-3)29-23(37-19)30-8-6-14(15(11-30)35-4)28-21(32)17-16(24)13(10-25)12(2)27-17/h14-15,27H,5-11H2,1-4H3,(H,26,31)(H,28,32). The second kappa shape index (κ2) is 13.7. The van der Waals surface area contributed by atoms with E-state index < -0.39 is 11.9 Å². The number of methoxy groups -OCH3 is 2. The first-order valence-electron chi connectivity index (χ1n) is 11.7. The number of piperidine rings is 1. The largest absolute Gasteiger partial charge is 0.462 e. The molecule has 1 aliphatic heterocycles. The Bertz CT molecular complexity index is 1130. The highest BCUT2D eigenvalue weighted by Crippen LogP contribution is 2.31. The summed E-state index contributed by atoms with van der Waals surface area (Å²) in [6, 6.07) is -0.266. The summed E-state index contributed by atoms with van der Waals surface area (Å²) in [5, 5.41) is 6.67. The second-order valence-corrected chi connectivity index (χ2v) is 10.4. The van der Waals surface area contributed by atoms with Gasteiger partial charge in [-0.15, -0.1) is 0 Å². The average molecular weight is 668 g/mol. The van der Waals surface area contributed by atoms with Gasteiger partial charge in [-0.1, -0.05) is 45.5 Å². The first-order chi connectivity index (χ1) is 17.7. The van der Waals surface area contributed by atoms with Crippen LogP contribution in [0, 0.1) is 6.92 Å². The van der Waals surface area contributed by atoms with Gasteiger partial charge in [0, 0.05) is 49.5 Å². The van der Waals surface area contributed by atoms with Gasteiger partial charge in [-0.3, -0.25) is 9.59 Å². The Morgan fingerprint density at radius 1 is 1.30 bits per heavy atom. The number of hydrogen-bond donors (Lipinski definition) is 3. The molecule has 0 saturated carbocycles. The zero-order valence-electron chi connectivity index (χ0n) is 21.1. The predicted octanol–water partition coefficient (Wildman–Crippen LogP) is 2.94. The summed E-state index contributed by atoms with van der Waals surface area (Å²) in [7, 11) is 3.11. The van der Waals surface area contributed by atoms with Crippen LogP contribution in [0.15, 0.2) is 0 Å². The molecule has 0 radical (unpaired) electrons. The second-order valence-electron chi connectivity index (χ2n) is 8.28. The quantitative estimate of drug-likeness (QED) is 0.144. The minimum absolute atomic E-state index is 0.0155. The lowest BCUT2D eigenvalue weighted by molar-refractivity contribution is 0.0527. The lowest BCUT2D eigenvalue weighted by atomic mass is 10.0. The van der Waals surface area contributed by atoms with E-state index in [9.17, 15) is 14.4 Å².